The minimum absolute atomic E-state index is 0. The van der Waals surface area contributed by atoms with Gasteiger partial charge >= 0.3 is 0 Å². The summed E-state index contributed by atoms with van der Waals surface area (Å²) in [5, 5.41) is 10.8. The summed E-state index contributed by atoms with van der Waals surface area (Å²) in [6.07, 6.45) is 0. The lowest BCUT2D eigenvalue weighted by Crippen LogP contribution is -2.50. The van der Waals surface area contributed by atoms with E-state index in [0.29, 0.717) is 6.54 Å². The van der Waals surface area contributed by atoms with Gasteiger partial charge in [0, 0.05) is 19.6 Å². The van der Waals surface area contributed by atoms with Crippen LogP contribution < -0.4 is 15.8 Å². The Bertz CT molecular complexity index is 541. The molecule has 6 nitrogen and oxygen atoms in total. The number of nitrogens with two attached hydrogens (primary N) is 1. The number of primary sulfonamides is 1. The predicted octanol–water partition coefficient (Wildman–Crippen LogP) is -0.409. The van der Waals surface area contributed by atoms with Gasteiger partial charge in [0.1, 0.15) is 0 Å². The first-order chi connectivity index (χ1) is 8.47. The topological polar surface area (TPSA) is 101 Å². The van der Waals surface area contributed by atoms with E-state index in [1.54, 1.807) is 12.1 Å². The maximum absolute atomic E-state index is 11.6. The Balaban J connectivity index is 0.00000180. The molecule has 0 bridgehead atoms. The summed E-state index contributed by atoms with van der Waals surface area (Å²) >= 11 is 0. The molecule has 1 fully saturated rings. The second kappa shape index (κ2) is 6.33. The molecular formula is C11H16ClN3O3S. The van der Waals surface area contributed by atoms with Gasteiger partial charge in [-0.05, 0) is 17.7 Å². The van der Waals surface area contributed by atoms with Crippen LogP contribution >= 0.6 is 12.4 Å². The molecule has 8 heteroatoms. The standard InChI is InChI=1S/C11H15N3O3S.ClH/c12-18(16,17)10-3-1-8(2-4-10)5-14-11(15)9-6-13-7-9;/h1-4,9,13H,5-7H2,(H,14,15)(H2,12,16,17);1H. The van der Waals surface area contributed by atoms with E-state index in [-0.39, 0.29) is 29.1 Å². The van der Waals surface area contributed by atoms with E-state index < -0.39 is 10.0 Å². The number of nitrogens with one attached hydrogen (secondary N) is 2. The Morgan fingerprint density at radius 1 is 1.32 bits per heavy atom. The first-order valence-electron chi connectivity index (χ1n) is 5.57. The van der Waals surface area contributed by atoms with Crippen molar-refractivity contribution in [2.75, 3.05) is 13.1 Å². The Labute approximate surface area is 118 Å². The zero-order valence-electron chi connectivity index (χ0n) is 10.1. The molecule has 1 aromatic carbocycles. The molecule has 1 aliphatic rings. The number of carbonyl (C=O) groups is 1. The van der Waals surface area contributed by atoms with Gasteiger partial charge in [-0.3, -0.25) is 4.79 Å². The van der Waals surface area contributed by atoms with Crippen LogP contribution in [0.25, 0.3) is 0 Å². The van der Waals surface area contributed by atoms with Crippen LogP contribution in [-0.2, 0) is 21.4 Å². The summed E-state index contributed by atoms with van der Waals surface area (Å²) in [5.74, 6) is 0.0676. The molecule has 1 aromatic rings. The number of amides is 1. The molecule has 4 N–H and O–H groups in total. The SMILES string of the molecule is Cl.NS(=O)(=O)c1ccc(CNC(=O)C2CNC2)cc1. The van der Waals surface area contributed by atoms with Gasteiger partial charge in [0.05, 0.1) is 10.8 Å². The largest absolute Gasteiger partial charge is 0.352 e. The van der Waals surface area contributed by atoms with Gasteiger partial charge < -0.3 is 10.6 Å². The third-order valence-corrected chi connectivity index (χ3v) is 3.80. The molecule has 106 valence electrons. The lowest BCUT2D eigenvalue weighted by Gasteiger charge is -2.25. The number of sulfonamides is 1. The minimum Gasteiger partial charge on any atom is -0.352 e. The van der Waals surface area contributed by atoms with Crippen molar-refractivity contribution in [1.82, 2.24) is 10.6 Å². The van der Waals surface area contributed by atoms with Crippen molar-refractivity contribution in [2.24, 2.45) is 11.1 Å². The van der Waals surface area contributed by atoms with Crippen LogP contribution in [0.5, 0.6) is 0 Å². The maximum atomic E-state index is 11.6. The first kappa shape index (κ1) is 15.9. The second-order valence-corrected chi connectivity index (χ2v) is 5.82. The highest BCUT2D eigenvalue weighted by Crippen LogP contribution is 2.09. The van der Waals surface area contributed by atoms with Crippen molar-refractivity contribution in [3.63, 3.8) is 0 Å². The second-order valence-electron chi connectivity index (χ2n) is 4.26. The van der Waals surface area contributed by atoms with Gasteiger partial charge in [0.25, 0.3) is 0 Å². The van der Waals surface area contributed by atoms with Crippen LogP contribution in [0, 0.1) is 5.92 Å². The van der Waals surface area contributed by atoms with Crippen molar-refractivity contribution in [3.05, 3.63) is 29.8 Å². The fourth-order valence-corrected chi connectivity index (χ4v) is 2.12. The third-order valence-electron chi connectivity index (χ3n) is 2.87. The van der Waals surface area contributed by atoms with Crippen molar-refractivity contribution in [3.8, 4) is 0 Å². The van der Waals surface area contributed by atoms with Crippen LogP contribution in [0.3, 0.4) is 0 Å². The quantitative estimate of drug-likeness (QED) is 0.704. The lowest BCUT2D eigenvalue weighted by molar-refractivity contribution is -0.126. The molecule has 0 aromatic heterocycles. The number of hydrogen-bond acceptors (Lipinski definition) is 4. The summed E-state index contributed by atoms with van der Waals surface area (Å²) in [7, 11) is -3.65. The Hall–Kier alpha value is -1.15. The van der Waals surface area contributed by atoms with Gasteiger partial charge in [-0.2, -0.15) is 0 Å². The number of halogens is 1. The van der Waals surface area contributed by atoms with E-state index in [4.69, 9.17) is 5.14 Å². The van der Waals surface area contributed by atoms with E-state index in [0.717, 1.165) is 18.7 Å². The Morgan fingerprint density at radius 2 is 1.89 bits per heavy atom. The highest BCUT2D eigenvalue weighted by atomic mass is 35.5. The molecule has 1 amide bonds. The molecule has 0 spiro atoms. The normalized spacial score (nSPS) is 15.2. The Kier molecular flexibility index (Phi) is 5.30. The predicted molar refractivity (Wildman–Crippen MR) is 73.3 cm³/mol. The minimum atomic E-state index is -3.65. The molecule has 19 heavy (non-hydrogen) atoms. The van der Waals surface area contributed by atoms with Crippen LogP contribution in [-0.4, -0.2) is 27.4 Å². The molecule has 2 rings (SSSR count). The molecule has 1 saturated heterocycles. The summed E-state index contributed by atoms with van der Waals surface area (Å²) in [6.45, 7) is 1.83. The molecule has 0 radical (unpaired) electrons. The van der Waals surface area contributed by atoms with E-state index in [9.17, 15) is 13.2 Å². The summed E-state index contributed by atoms with van der Waals surface area (Å²) in [5.41, 5.74) is 0.836. The molecule has 1 heterocycles. The molecule has 0 atom stereocenters. The smallest absolute Gasteiger partial charge is 0.238 e. The molecule has 1 aliphatic heterocycles. The highest BCUT2D eigenvalue weighted by molar-refractivity contribution is 7.89. The summed E-state index contributed by atoms with van der Waals surface area (Å²) < 4.78 is 22.1. The van der Waals surface area contributed by atoms with Crippen LogP contribution in [0.1, 0.15) is 5.56 Å². The lowest BCUT2D eigenvalue weighted by atomic mass is 10.0. The van der Waals surface area contributed by atoms with Crippen molar-refractivity contribution >= 4 is 28.3 Å². The fraction of sp³-hybridized carbons (Fsp3) is 0.364. The van der Waals surface area contributed by atoms with Crippen molar-refractivity contribution in [1.29, 1.82) is 0 Å². The highest BCUT2D eigenvalue weighted by Gasteiger charge is 2.24. The van der Waals surface area contributed by atoms with E-state index in [1.165, 1.54) is 12.1 Å². The summed E-state index contributed by atoms with van der Waals surface area (Å²) in [6, 6.07) is 6.14. The van der Waals surface area contributed by atoms with Gasteiger partial charge in [-0.15, -0.1) is 12.4 Å². The summed E-state index contributed by atoms with van der Waals surface area (Å²) in [4.78, 5) is 11.6. The monoisotopic (exact) mass is 305 g/mol. The maximum Gasteiger partial charge on any atom is 0.238 e. The van der Waals surface area contributed by atoms with E-state index in [2.05, 4.69) is 10.6 Å². The molecule has 0 aliphatic carbocycles. The third kappa shape index (κ3) is 4.17. The van der Waals surface area contributed by atoms with Crippen LogP contribution in [0.2, 0.25) is 0 Å². The van der Waals surface area contributed by atoms with Crippen LogP contribution in [0.4, 0.5) is 0 Å². The van der Waals surface area contributed by atoms with Gasteiger partial charge in [0.2, 0.25) is 15.9 Å². The van der Waals surface area contributed by atoms with Gasteiger partial charge in [0.15, 0.2) is 0 Å². The van der Waals surface area contributed by atoms with E-state index in [1.807, 2.05) is 0 Å². The number of carbonyl (C=O) groups excluding carboxylic acids is 1. The average Bonchev–Trinajstić information content (AvgIpc) is 2.23. The average molecular weight is 306 g/mol. The fourth-order valence-electron chi connectivity index (χ4n) is 1.60. The van der Waals surface area contributed by atoms with Crippen molar-refractivity contribution in [2.45, 2.75) is 11.4 Å². The Morgan fingerprint density at radius 3 is 2.32 bits per heavy atom. The number of rotatable bonds is 4. The van der Waals surface area contributed by atoms with Gasteiger partial charge in [-0.25, -0.2) is 13.6 Å². The first-order valence-corrected chi connectivity index (χ1v) is 7.11. The number of benzene rings is 1. The zero-order chi connectivity index (χ0) is 13.2. The molecule has 0 saturated carbocycles. The van der Waals surface area contributed by atoms with E-state index >= 15 is 0 Å². The van der Waals surface area contributed by atoms with Crippen molar-refractivity contribution < 1.29 is 13.2 Å². The van der Waals surface area contributed by atoms with Gasteiger partial charge in [-0.1, -0.05) is 12.1 Å². The van der Waals surface area contributed by atoms with Crippen LogP contribution in [0.15, 0.2) is 29.2 Å². The molecule has 0 unspecified atom stereocenters. The zero-order valence-corrected chi connectivity index (χ0v) is 11.8. The molecular weight excluding hydrogens is 290 g/mol. The number of hydrogen-bond donors (Lipinski definition) is 3.